The fourth-order valence-electron chi connectivity index (χ4n) is 4.82. The molecule has 36 heavy (non-hydrogen) atoms. The largest absolute Gasteiger partial charge is 0.500 e. The van der Waals surface area contributed by atoms with Crippen molar-refractivity contribution in [2.75, 3.05) is 18.9 Å². The van der Waals surface area contributed by atoms with Crippen LogP contribution in [-0.4, -0.2) is 73.6 Å². The second-order valence-electron chi connectivity index (χ2n) is 9.36. The normalized spacial score (nSPS) is 33.5. The van der Waals surface area contributed by atoms with Gasteiger partial charge in [-0.2, -0.15) is 23.9 Å². The van der Waals surface area contributed by atoms with E-state index in [1.807, 2.05) is 0 Å². The fraction of sp³-hybridized carbons (Fsp3) is 0.714. The Morgan fingerprint density at radius 3 is 2.92 bits per heavy atom. The van der Waals surface area contributed by atoms with Crippen molar-refractivity contribution in [2.45, 2.75) is 82.7 Å². The predicted molar refractivity (Wildman–Crippen MR) is 125 cm³/mol. The van der Waals surface area contributed by atoms with Crippen LogP contribution >= 0.6 is 8.09 Å². The van der Waals surface area contributed by atoms with Crippen LogP contribution in [0.2, 0.25) is 0 Å². The molecule has 5 rings (SSSR count). The summed E-state index contributed by atoms with van der Waals surface area (Å²) in [5, 5.41) is 2.68. The quantitative estimate of drug-likeness (QED) is 0.353. The fourth-order valence-corrected chi connectivity index (χ4v) is 6.61. The average Bonchev–Trinajstić information content (AvgIpc) is 3.53. The SMILES string of the molecule is CCOc1nc(N)nc2c1ncn2[C@@H]1O[C@@H]2CO[P+](O)(N[C@@H](C)C(=O)OC3CCCC3)O[C@H]2[C@@]1(C)F. The predicted octanol–water partition coefficient (Wildman–Crippen LogP) is 1.98. The zero-order valence-corrected chi connectivity index (χ0v) is 21.2. The number of rotatable bonds is 7. The molecule has 4 N–H and O–H groups in total. The van der Waals surface area contributed by atoms with E-state index in [9.17, 15) is 9.69 Å². The molecule has 0 aromatic carbocycles. The van der Waals surface area contributed by atoms with E-state index in [1.54, 1.807) is 6.92 Å². The van der Waals surface area contributed by atoms with Crippen LogP contribution in [0.15, 0.2) is 6.33 Å². The first kappa shape index (κ1) is 25.4. The summed E-state index contributed by atoms with van der Waals surface area (Å²) in [4.78, 5) is 36.0. The highest BCUT2D eigenvalue weighted by Gasteiger charge is 2.66. The summed E-state index contributed by atoms with van der Waals surface area (Å²) in [5.41, 5.74) is 4.22. The van der Waals surface area contributed by atoms with Crippen molar-refractivity contribution in [1.82, 2.24) is 24.6 Å². The number of ether oxygens (including phenoxy) is 3. The van der Waals surface area contributed by atoms with Gasteiger partial charge in [-0.3, -0.25) is 9.36 Å². The van der Waals surface area contributed by atoms with E-state index >= 15 is 4.39 Å². The maximum atomic E-state index is 16.3. The molecule has 1 unspecified atom stereocenters. The number of nitrogens with zero attached hydrogens (tertiary/aromatic N) is 4. The molecule has 15 heteroatoms. The number of esters is 1. The average molecular weight is 529 g/mol. The number of hydrogen-bond donors (Lipinski definition) is 3. The van der Waals surface area contributed by atoms with Gasteiger partial charge in [0.25, 0.3) is 0 Å². The number of hydrogen-bond acceptors (Lipinski definition) is 12. The van der Waals surface area contributed by atoms with Gasteiger partial charge in [0, 0.05) is 0 Å². The van der Waals surface area contributed by atoms with Gasteiger partial charge in [-0.25, -0.2) is 9.37 Å². The maximum absolute atomic E-state index is 16.3. The number of alkyl halides is 1. The minimum absolute atomic E-state index is 0.0637. The maximum Gasteiger partial charge on any atom is 0.500 e. The van der Waals surface area contributed by atoms with Gasteiger partial charge >= 0.3 is 14.1 Å². The summed E-state index contributed by atoms with van der Waals surface area (Å²) in [5.74, 6) is -0.413. The van der Waals surface area contributed by atoms with E-state index in [-0.39, 0.29) is 30.2 Å². The monoisotopic (exact) mass is 529 g/mol. The number of nitrogens with two attached hydrogens (primary N) is 1. The summed E-state index contributed by atoms with van der Waals surface area (Å²) in [6.45, 7) is 4.80. The molecule has 3 aliphatic rings. The summed E-state index contributed by atoms with van der Waals surface area (Å²) >= 11 is 0. The summed E-state index contributed by atoms with van der Waals surface area (Å²) in [6, 6.07) is -0.918. The van der Waals surface area contributed by atoms with E-state index < -0.39 is 44.2 Å². The molecule has 6 atom stereocenters. The van der Waals surface area contributed by atoms with Crippen molar-refractivity contribution >= 4 is 31.2 Å². The first-order chi connectivity index (χ1) is 17.1. The van der Waals surface area contributed by atoms with Gasteiger partial charge in [-0.1, -0.05) is 0 Å². The molecule has 0 radical (unpaired) electrons. The van der Waals surface area contributed by atoms with Gasteiger partial charge in [0.05, 0.1) is 12.9 Å². The Morgan fingerprint density at radius 2 is 2.19 bits per heavy atom. The van der Waals surface area contributed by atoms with Gasteiger partial charge < -0.3 is 19.9 Å². The van der Waals surface area contributed by atoms with E-state index in [0.717, 1.165) is 25.7 Å². The Labute approximate surface area is 207 Å². The molecule has 13 nitrogen and oxygen atoms in total. The second kappa shape index (κ2) is 9.58. The van der Waals surface area contributed by atoms with Crippen LogP contribution in [0.3, 0.4) is 0 Å². The van der Waals surface area contributed by atoms with Crippen LogP contribution in [0.4, 0.5) is 10.3 Å². The molecule has 1 saturated carbocycles. The zero-order chi connectivity index (χ0) is 25.7. The minimum atomic E-state index is -3.81. The third kappa shape index (κ3) is 4.61. The molecular weight excluding hydrogens is 498 g/mol. The number of nitrogen functional groups attached to an aromatic ring is 1. The molecule has 0 bridgehead atoms. The number of nitrogens with one attached hydrogen (secondary N) is 1. The van der Waals surface area contributed by atoms with Crippen molar-refractivity contribution in [3.8, 4) is 5.88 Å². The molecule has 1 aliphatic carbocycles. The van der Waals surface area contributed by atoms with Gasteiger partial charge in [0.1, 0.15) is 24.9 Å². The molecule has 198 valence electrons. The lowest BCUT2D eigenvalue weighted by Gasteiger charge is -2.32. The Morgan fingerprint density at radius 1 is 1.44 bits per heavy atom. The van der Waals surface area contributed by atoms with Gasteiger partial charge in [-0.15, -0.1) is 5.09 Å². The number of aromatic nitrogens is 4. The second-order valence-corrected chi connectivity index (χ2v) is 11.1. The van der Waals surface area contributed by atoms with Crippen molar-refractivity contribution < 1.29 is 37.3 Å². The van der Waals surface area contributed by atoms with Crippen LogP contribution in [0.1, 0.15) is 52.7 Å². The van der Waals surface area contributed by atoms with Crippen molar-refractivity contribution in [2.24, 2.45) is 0 Å². The topological polar surface area (TPSA) is 165 Å². The number of carbonyl (C=O) groups is 1. The summed E-state index contributed by atoms with van der Waals surface area (Å²) in [7, 11) is -3.81. The number of anilines is 1. The highest BCUT2D eigenvalue weighted by molar-refractivity contribution is 7.58. The Kier molecular flexibility index (Phi) is 6.77. The van der Waals surface area contributed by atoms with E-state index in [1.165, 1.54) is 24.7 Å². The standard InChI is InChI=1S/C21H31FN6O7P/c1-4-31-17-14-16(25-20(23)26-17)28(10-24-14)19-21(3,22)15-13(34-19)9-32-36(30,35-15)27-11(2)18(29)33-12-7-5-6-8-12/h10-13,15,19,27,30H,4-9H2,1-3H3,(H2,23,25,26)/q+1/t11-,13+,15+,19+,21+,36?/m0/s1. The third-order valence-electron chi connectivity index (χ3n) is 6.59. The highest BCUT2D eigenvalue weighted by atomic mass is 31.2. The number of imidazole rings is 1. The molecular formula is C21H31FN6O7P+. The van der Waals surface area contributed by atoms with Gasteiger partial charge in [0.2, 0.25) is 11.8 Å². The van der Waals surface area contributed by atoms with Crippen molar-refractivity contribution in [3.05, 3.63) is 6.33 Å². The van der Waals surface area contributed by atoms with Crippen LogP contribution in [-0.2, 0) is 23.3 Å². The van der Waals surface area contributed by atoms with Crippen molar-refractivity contribution in [3.63, 3.8) is 0 Å². The lowest BCUT2D eigenvalue weighted by atomic mass is 9.98. The molecule has 2 aromatic rings. The van der Waals surface area contributed by atoms with E-state index in [4.69, 9.17) is 29.0 Å². The van der Waals surface area contributed by atoms with Gasteiger partial charge in [-0.05, 0) is 46.5 Å². The van der Waals surface area contributed by atoms with Crippen LogP contribution in [0.25, 0.3) is 11.2 Å². The highest BCUT2D eigenvalue weighted by Crippen LogP contribution is 2.62. The Balaban J connectivity index is 1.33. The molecule has 2 aliphatic heterocycles. The first-order valence-corrected chi connectivity index (χ1v) is 13.6. The number of halogens is 1. The molecule has 0 spiro atoms. The van der Waals surface area contributed by atoms with Crippen LogP contribution in [0.5, 0.6) is 5.88 Å². The summed E-state index contributed by atoms with van der Waals surface area (Å²) in [6.07, 6.45) is 1.64. The number of carbonyl (C=O) groups excluding carboxylic acids is 1. The lowest BCUT2D eigenvalue weighted by molar-refractivity contribution is -0.150. The Bertz CT molecular complexity index is 1130. The van der Waals surface area contributed by atoms with Crippen LogP contribution in [0, 0.1) is 0 Å². The number of fused-ring (bicyclic) bond motifs is 2. The summed E-state index contributed by atoms with van der Waals surface area (Å²) < 4.78 is 45.9. The minimum Gasteiger partial charge on any atom is -0.476 e. The first-order valence-electron chi connectivity index (χ1n) is 12.0. The van der Waals surface area contributed by atoms with E-state index in [0.29, 0.717) is 12.1 Å². The molecule has 2 saturated heterocycles. The molecule has 3 fully saturated rings. The molecule has 0 amide bonds. The van der Waals surface area contributed by atoms with E-state index in [2.05, 4.69) is 20.0 Å². The molecule has 2 aromatic heterocycles. The molecule has 4 heterocycles. The third-order valence-corrected chi connectivity index (χ3v) is 8.31. The van der Waals surface area contributed by atoms with Crippen molar-refractivity contribution in [1.29, 1.82) is 0 Å². The smallest absolute Gasteiger partial charge is 0.476 e. The zero-order valence-electron chi connectivity index (χ0n) is 20.3. The lowest BCUT2D eigenvalue weighted by Crippen LogP contribution is -2.49. The van der Waals surface area contributed by atoms with Crippen LogP contribution < -0.4 is 15.6 Å². The Hall–Kier alpha value is -2.22. The van der Waals surface area contributed by atoms with Gasteiger partial charge in [0.15, 0.2) is 29.2 Å².